The van der Waals surface area contributed by atoms with Gasteiger partial charge in [0.05, 0.1) is 10.6 Å². The van der Waals surface area contributed by atoms with Gasteiger partial charge in [0.25, 0.3) is 17.5 Å². The molecule has 0 saturated carbocycles. The molecule has 1 heterocycles. The molecule has 0 bridgehead atoms. The van der Waals surface area contributed by atoms with Crippen LogP contribution in [-0.2, 0) is 6.42 Å². The fourth-order valence-corrected chi connectivity index (χ4v) is 3.66. The fraction of sp³-hybridized carbons (Fsp3) is 0.174. The number of benzene rings is 2. The number of amides is 2. The second-order valence-corrected chi connectivity index (χ2v) is 7.48. The summed E-state index contributed by atoms with van der Waals surface area (Å²) in [5.74, 6) is -0.775. The van der Waals surface area contributed by atoms with E-state index >= 15 is 0 Å². The van der Waals surface area contributed by atoms with Crippen LogP contribution >= 0.6 is 0 Å². The number of hydrogen-bond acceptors (Lipinski definition) is 6. The van der Waals surface area contributed by atoms with Crippen LogP contribution < -0.4 is 10.7 Å². The van der Waals surface area contributed by atoms with Crippen LogP contribution in [0.2, 0.25) is 0 Å². The Morgan fingerprint density at radius 3 is 2.61 bits per heavy atom. The quantitative estimate of drug-likeness (QED) is 0.441. The highest BCUT2D eigenvalue weighted by Crippen LogP contribution is 2.30. The summed E-state index contributed by atoms with van der Waals surface area (Å²) < 4.78 is 18.9. The third kappa shape index (κ3) is 4.64. The Bertz CT molecular complexity index is 1280. The van der Waals surface area contributed by atoms with Gasteiger partial charge in [0.1, 0.15) is 11.6 Å². The van der Waals surface area contributed by atoms with Crippen LogP contribution in [-0.4, -0.2) is 22.4 Å². The van der Waals surface area contributed by atoms with Crippen molar-refractivity contribution >= 4 is 28.9 Å². The van der Waals surface area contributed by atoms with Gasteiger partial charge < -0.3 is 9.73 Å². The van der Waals surface area contributed by atoms with Crippen LogP contribution in [0.1, 0.15) is 50.6 Å². The number of carbonyl (C=O) groups excluding carboxylic acids is 2. The molecule has 0 aliphatic heterocycles. The van der Waals surface area contributed by atoms with Crippen LogP contribution in [0.15, 0.2) is 58.0 Å². The van der Waals surface area contributed by atoms with E-state index < -0.39 is 22.6 Å². The maximum Gasteiger partial charge on any atom is 0.291 e. The molecule has 4 rings (SSSR count). The first-order valence-electron chi connectivity index (χ1n) is 10.1. The van der Waals surface area contributed by atoms with Crippen molar-refractivity contribution in [1.82, 2.24) is 5.43 Å². The van der Waals surface area contributed by atoms with Gasteiger partial charge in [0, 0.05) is 40.9 Å². The molecule has 2 amide bonds. The van der Waals surface area contributed by atoms with Crippen molar-refractivity contribution < 1.29 is 23.3 Å². The van der Waals surface area contributed by atoms with Gasteiger partial charge in [-0.15, -0.1) is 0 Å². The average molecular weight is 450 g/mol. The topological polar surface area (TPSA) is 127 Å². The zero-order chi connectivity index (χ0) is 23.5. The Hall–Kier alpha value is -4.34. The molecule has 33 heavy (non-hydrogen) atoms. The number of hydrazone groups is 1. The molecular weight excluding hydrogens is 431 g/mol. The third-order valence-electron chi connectivity index (χ3n) is 5.25. The smallest absolute Gasteiger partial charge is 0.291 e. The van der Waals surface area contributed by atoms with Crippen LogP contribution in [0.4, 0.5) is 15.8 Å². The van der Waals surface area contributed by atoms with Gasteiger partial charge in [-0.05, 0) is 50.1 Å². The van der Waals surface area contributed by atoms with Crippen molar-refractivity contribution in [3.63, 3.8) is 0 Å². The molecule has 2 aromatic carbocycles. The number of nitro benzene ring substituents is 1. The first-order valence-corrected chi connectivity index (χ1v) is 10.1. The largest absolute Gasteiger partial charge is 0.455 e. The molecule has 0 fully saturated rings. The van der Waals surface area contributed by atoms with Crippen molar-refractivity contribution in [2.75, 3.05) is 5.32 Å². The van der Waals surface area contributed by atoms with Gasteiger partial charge in [0.2, 0.25) is 0 Å². The molecule has 0 spiro atoms. The number of fused-ring (bicyclic) bond motifs is 1. The van der Waals surface area contributed by atoms with Crippen molar-refractivity contribution in [2.45, 2.75) is 26.2 Å². The lowest BCUT2D eigenvalue weighted by Crippen LogP contribution is -2.22. The number of rotatable bonds is 5. The molecular formula is C23H19FN4O5. The number of nitrogens with one attached hydrogen (secondary N) is 2. The van der Waals surface area contributed by atoms with Crippen LogP contribution in [0.25, 0.3) is 0 Å². The van der Waals surface area contributed by atoms with Crippen LogP contribution in [0, 0.1) is 22.9 Å². The number of hydrogen-bond donors (Lipinski definition) is 2. The number of halogens is 1. The molecule has 1 aliphatic carbocycles. The predicted molar refractivity (Wildman–Crippen MR) is 118 cm³/mol. The van der Waals surface area contributed by atoms with Crippen molar-refractivity contribution in [1.29, 1.82) is 0 Å². The molecule has 168 valence electrons. The van der Waals surface area contributed by atoms with Gasteiger partial charge in [0.15, 0.2) is 5.76 Å². The lowest BCUT2D eigenvalue weighted by Gasteiger charge is -2.13. The monoisotopic (exact) mass is 450 g/mol. The van der Waals surface area contributed by atoms with Crippen molar-refractivity contribution in [2.24, 2.45) is 5.10 Å². The molecule has 3 aromatic rings. The summed E-state index contributed by atoms with van der Waals surface area (Å²) in [5, 5.41) is 17.8. The maximum atomic E-state index is 13.1. The summed E-state index contributed by atoms with van der Waals surface area (Å²) >= 11 is 0. The van der Waals surface area contributed by atoms with E-state index in [-0.39, 0.29) is 17.0 Å². The Kier molecular flexibility index (Phi) is 5.99. The normalized spacial score (nSPS) is 13.9. The zero-order valence-corrected chi connectivity index (χ0v) is 17.6. The van der Waals surface area contributed by atoms with E-state index in [1.807, 2.05) is 0 Å². The molecule has 0 saturated heterocycles. The Balaban J connectivity index is 1.55. The average Bonchev–Trinajstić information content (AvgIpc) is 3.16. The van der Waals surface area contributed by atoms with Crippen LogP contribution in [0.5, 0.6) is 0 Å². The number of non-ortho nitro benzene ring substituents is 1. The van der Waals surface area contributed by atoms with E-state index in [2.05, 4.69) is 15.8 Å². The zero-order valence-electron chi connectivity index (χ0n) is 17.6. The second-order valence-electron chi connectivity index (χ2n) is 7.48. The lowest BCUT2D eigenvalue weighted by atomic mass is 9.93. The summed E-state index contributed by atoms with van der Waals surface area (Å²) in [6.45, 7) is 1.73. The number of anilines is 1. The lowest BCUT2D eigenvalue weighted by molar-refractivity contribution is -0.384. The third-order valence-corrected chi connectivity index (χ3v) is 5.25. The second kappa shape index (κ2) is 9.03. The molecule has 0 atom stereocenters. The van der Waals surface area contributed by atoms with Gasteiger partial charge in [-0.2, -0.15) is 5.10 Å². The molecule has 0 radical (unpaired) electrons. The Labute approximate surface area is 187 Å². The Morgan fingerprint density at radius 2 is 1.88 bits per heavy atom. The van der Waals surface area contributed by atoms with Gasteiger partial charge in [-0.25, -0.2) is 9.82 Å². The molecule has 10 heteroatoms. The van der Waals surface area contributed by atoms with Gasteiger partial charge >= 0.3 is 0 Å². The maximum absolute atomic E-state index is 13.1. The predicted octanol–water partition coefficient (Wildman–Crippen LogP) is 4.36. The SMILES string of the molecule is Cc1c(C(=O)Nc2ccc(F)cc2)oc2c1/C(=N/NC(=O)c1cccc([N+](=O)[O-])c1)CCC2. The summed E-state index contributed by atoms with van der Waals surface area (Å²) in [5.41, 5.74) is 4.55. The number of aryl methyl sites for hydroxylation is 1. The van der Waals surface area contributed by atoms with E-state index in [1.54, 1.807) is 6.92 Å². The number of nitrogens with zero attached hydrogens (tertiary/aromatic N) is 2. The highest BCUT2D eigenvalue weighted by molar-refractivity contribution is 6.09. The minimum absolute atomic E-state index is 0.105. The summed E-state index contributed by atoms with van der Waals surface area (Å²) in [6, 6.07) is 10.7. The van der Waals surface area contributed by atoms with Gasteiger partial charge in [-0.3, -0.25) is 19.7 Å². The number of carbonyl (C=O) groups is 2. The summed E-state index contributed by atoms with van der Waals surface area (Å²) in [7, 11) is 0. The van der Waals surface area contributed by atoms with E-state index in [4.69, 9.17) is 4.42 Å². The van der Waals surface area contributed by atoms with Crippen LogP contribution in [0.3, 0.4) is 0 Å². The van der Waals surface area contributed by atoms with Crippen molar-refractivity contribution in [3.05, 3.63) is 92.7 Å². The van der Waals surface area contributed by atoms with E-state index in [1.165, 1.54) is 48.5 Å². The first-order chi connectivity index (χ1) is 15.8. The number of nitro groups is 1. The molecule has 1 aliphatic rings. The van der Waals surface area contributed by atoms with Crippen molar-refractivity contribution in [3.8, 4) is 0 Å². The molecule has 9 nitrogen and oxygen atoms in total. The fourth-order valence-electron chi connectivity index (χ4n) is 3.66. The Morgan fingerprint density at radius 1 is 1.12 bits per heavy atom. The summed E-state index contributed by atoms with van der Waals surface area (Å²) in [4.78, 5) is 35.5. The standard InChI is InChI=1S/C23H19FN4O5/c1-13-20-18(26-27-22(29)14-4-2-5-17(12-14)28(31)32)6-3-7-19(20)33-21(13)23(30)25-16-10-8-15(24)9-11-16/h2,4-5,8-12H,3,6-7H2,1H3,(H,25,30)(H,27,29)/b26-18+. The highest BCUT2D eigenvalue weighted by atomic mass is 19.1. The van der Waals surface area contributed by atoms with E-state index in [0.29, 0.717) is 47.5 Å². The molecule has 0 unspecified atom stereocenters. The van der Waals surface area contributed by atoms with E-state index in [0.717, 1.165) is 0 Å². The number of furan rings is 1. The molecule has 2 N–H and O–H groups in total. The first kappa shape index (κ1) is 21.9. The highest BCUT2D eigenvalue weighted by Gasteiger charge is 2.28. The summed E-state index contributed by atoms with van der Waals surface area (Å²) in [6.07, 6.45) is 1.88. The van der Waals surface area contributed by atoms with Gasteiger partial charge in [-0.1, -0.05) is 6.07 Å². The minimum atomic E-state index is -0.589. The van der Waals surface area contributed by atoms with E-state index in [9.17, 15) is 24.1 Å². The molecule has 1 aromatic heterocycles. The minimum Gasteiger partial charge on any atom is -0.455 e.